The molecule has 0 saturated heterocycles. The standard InChI is InChI=1S/C10H18O3S.Na/c11-14(12,13)10-6-5-8-3-1-2-4-9(8)7-10;/h8-10H,1-7H2,(H,11,12,13);/q;+1/p-1. The molecule has 0 amide bonds. The summed E-state index contributed by atoms with van der Waals surface area (Å²) in [6.45, 7) is 0. The molecule has 0 bridgehead atoms. The Balaban J connectivity index is 0.00000112. The molecule has 2 fully saturated rings. The molecule has 82 valence electrons. The third-order valence-electron chi connectivity index (χ3n) is 3.90. The predicted octanol–water partition coefficient (Wildman–Crippen LogP) is -1.11. The van der Waals surface area contributed by atoms with Gasteiger partial charge in [0.2, 0.25) is 0 Å². The zero-order valence-corrected chi connectivity index (χ0v) is 12.1. The summed E-state index contributed by atoms with van der Waals surface area (Å²) < 4.78 is 32.7. The molecule has 0 aliphatic heterocycles. The van der Waals surface area contributed by atoms with Gasteiger partial charge in [-0.1, -0.05) is 25.7 Å². The van der Waals surface area contributed by atoms with E-state index in [0.717, 1.165) is 12.8 Å². The van der Waals surface area contributed by atoms with Crippen LogP contribution < -0.4 is 29.6 Å². The van der Waals surface area contributed by atoms with E-state index < -0.39 is 15.4 Å². The summed E-state index contributed by atoms with van der Waals surface area (Å²) in [4.78, 5) is 0. The maximum absolute atomic E-state index is 10.9. The van der Waals surface area contributed by atoms with Gasteiger partial charge in [0.15, 0.2) is 0 Å². The Labute approximate surface area is 114 Å². The van der Waals surface area contributed by atoms with E-state index >= 15 is 0 Å². The third-order valence-corrected chi connectivity index (χ3v) is 5.14. The minimum atomic E-state index is -4.03. The second-order valence-electron chi connectivity index (χ2n) is 4.73. The minimum absolute atomic E-state index is 0. The van der Waals surface area contributed by atoms with Gasteiger partial charge in [-0.15, -0.1) is 0 Å². The van der Waals surface area contributed by atoms with Gasteiger partial charge in [0, 0.05) is 5.25 Å². The van der Waals surface area contributed by atoms with Gasteiger partial charge in [-0.3, -0.25) is 0 Å². The quantitative estimate of drug-likeness (QED) is 0.431. The van der Waals surface area contributed by atoms with Crippen LogP contribution in [0.2, 0.25) is 0 Å². The van der Waals surface area contributed by atoms with Gasteiger partial charge in [0.1, 0.15) is 0 Å². The van der Waals surface area contributed by atoms with Crippen molar-refractivity contribution in [2.24, 2.45) is 11.8 Å². The van der Waals surface area contributed by atoms with Crippen LogP contribution in [0.25, 0.3) is 0 Å². The fourth-order valence-corrected chi connectivity index (χ4v) is 4.00. The molecule has 2 saturated carbocycles. The molecule has 2 aliphatic carbocycles. The molecule has 0 spiro atoms. The first kappa shape index (κ1) is 14.0. The first-order chi connectivity index (χ1) is 6.57. The van der Waals surface area contributed by atoms with Gasteiger partial charge < -0.3 is 4.55 Å². The Kier molecular flexibility index (Phi) is 5.12. The fourth-order valence-electron chi connectivity index (χ4n) is 3.09. The van der Waals surface area contributed by atoms with Crippen molar-refractivity contribution in [2.45, 2.75) is 50.2 Å². The first-order valence-corrected chi connectivity index (χ1v) is 6.99. The summed E-state index contributed by atoms with van der Waals surface area (Å²) in [5.41, 5.74) is 0. The van der Waals surface area contributed by atoms with Crippen LogP contribution in [0.1, 0.15) is 44.9 Å². The molecule has 2 aliphatic rings. The van der Waals surface area contributed by atoms with E-state index in [4.69, 9.17) is 0 Å². The monoisotopic (exact) mass is 240 g/mol. The van der Waals surface area contributed by atoms with Crippen molar-refractivity contribution in [3.63, 3.8) is 0 Å². The minimum Gasteiger partial charge on any atom is -0.748 e. The molecule has 5 heteroatoms. The van der Waals surface area contributed by atoms with Gasteiger partial charge in [0.25, 0.3) is 0 Å². The summed E-state index contributed by atoms with van der Waals surface area (Å²) in [6.07, 6.45) is 7.08. The number of fused-ring (bicyclic) bond motifs is 1. The number of hydrogen-bond acceptors (Lipinski definition) is 3. The Morgan fingerprint density at radius 2 is 1.53 bits per heavy atom. The summed E-state index contributed by atoms with van der Waals surface area (Å²) in [5.74, 6) is 1.23. The van der Waals surface area contributed by atoms with E-state index in [2.05, 4.69) is 0 Å². The van der Waals surface area contributed by atoms with Crippen LogP contribution in [0.4, 0.5) is 0 Å². The normalized spacial score (nSPS) is 36.5. The van der Waals surface area contributed by atoms with Crippen molar-refractivity contribution in [3.8, 4) is 0 Å². The van der Waals surface area contributed by atoms with Crippen molar-refractivity contribution in [2.75, 3.05) is 0 Å². The molecule has 2 rings (SSSR count). The molecule has 0 aromatic heterocycles. The maximum Gasteiger partial charge on any atom is 1.00 e. The Bertz CT molecular complexity index is 302. The largest absolute Gasteiger partial charge is 1.00 e. The van der Waals surface area contributed by atoms with Crippen LogP contribution in [0.15, 0.2) is 0 Å². The molecule has 3 atom stereocenters. The zero-order chi connectivity index (χ0) is 10.2. The van der Waals surface area contributed by atoms with Crippen LogP contribution in [0.3, 0.4) is 0 Å². The Morgan fingerprint density at radius 3 is 2.13 bits per heavy atom. The number of rotatable bonds is 1. The van der Waals surface area contributed by atoms with E-state index in [1.54, 1.807) is 0 Å². The van der Waals surface area contributed by atoms with Gasteiger partial charge in [-0.2, -0.15) is 0 Å². The van der Waals surface area contributed by atoms with Crippen LogP contribution in [-0.2, 0) is 10.1 Å². The Hall–Kier alpha value is 0.910. The summed E-state index contributed by atoms with van der Waals surface area (Å²) in [7, 11) is -4.03. The number of hydrogen-bond donors (Lipinski definition) is 0. The molecular weight excluding hydrogens is 223 g/mol. The smallest absolute Gasteiger partial charge is 0.748 e. The van der Waals surface area contributed by atoms with E-state index in [1.165, 1.54) is 19.3 Å². The molecule has 15 heavy (non-hydrogen) atoms. The van der Waals surface area contributed by atoms with Crippen molar-refractivity contribution in [1.29, 1.82) is 0 Å². The molecule has 0 N–H and O–H groups in total. The summed E-state index contributed by atoms with van der Waals surface area (Å²) in [6, 6.07) is 0. The second kappa shape index (κ2) is 5.50. The van der Waals surface area contributed by atoms with Gasteiger partial charge in [0.05, 0.1) is 10.1 Å². The zero-order valence-electron chi connectivity index (χ0n) is 9.31. The fraction of sp³-hybridized carbons (Fsp3) is 1.00. The molecule has 0 heterocycles. The summed E-state index contributed by atoms with van der Waals surface area (Å²) >= 11 is 0. The van der Waals surface area contributed by atoms with Gasteiger partial charge in [-0.05, 0) is 31.1 Å². The molecule has 3 nitrogen and oxygen atoms in total. The van der Waals surface area contributed by atoms with E-state index in [1.807, 2.05) is 0 Å². The van der Waals surface area contributed by atoms with Gasteiger partial charge in [-0.25, -0.2) is 8.42 Å². The van der Waals surface area contributed by atoms with Crippen molar-refractivity contribution >= 4 is 10.1 Å². The molecule has 0 aromatic carbocycles. The second-order valence-corrected chi connectivity index (χ2v) is 6.38. The average Bonchev–Trinajstić information content (AvgIpc) is 2.16. The molecule has 0 aromatic rings. The SMILES string of the molecule is O=S(=O)([O-])C1CCC2CCCCC2C1.[Na+]. The van der Waals surface area contributed by atoms with E-state index in [-0.39, 0.29) is 29.6 Å². The first-order valence-electron chi connectivity index (χ1n) is 5.52. The van der Waals surface area contributed by atoms with Crippen molar-refractivity contribution in [1.82, 2.24) is 0 Å². The predicted molar refractivity (Wildman–Crippen MR) is 52.8 cm³/mol. The third kappa shape index (κ3) is 3.43. The van der Waals surface area contributed by atoms with Crippen LogP contribution in [0.5, 0.6) is 0 Å². The van der Waals surface area contributed by atoms with Crippen LogP contribution in [0, 0.1) is 11.8 Å². The average molecular weight is 240 g/mol. The molecular formula is C10H17NaO3S. The van der Waals surface area contributed by atoms with Crippen molar-refractivity contribution < 1.29 is 42.5 Å². The topological polar surface area (TPSA) is 57.2 Å². The van der Waals surface area contributed by atoms with Crippen LogP contribution in [-0.4, -0.2) is 18.2 Å². The molecule has 0 radical (unpaired) electrons. The van der Waals surface area contributed by atoms with E-state index in [9.17, 15) is 13.0 Å². The van der Waals surface area contributed by atoms with Crippen molar-refractivity contribution in [3.05, 3.63) is 0 Å². The maximum atomic E-state index is 10.9. The summed E-state index contributed by atoms with van der Waals surface area (Å²) in [5, 5.41) is -0.582. The molecule has 3 unspecified atom stereocenters. The van der Waals surface area contributed by atoms with E-state index in [0.29, 0.717) is 24.7 Å². The van der Waals surface area contributed by atoms with Crippen LogP contribution >= 0.6 is 0 Å². The Morgan fingerprint density at radius 1 is 0.933 bits per heavy atom. The van der Waals surface area contributed by atoms with Gasteiger partial charge >= 0.3 is 29.6 Å².